The van der Waals surface area contributed by atoms with Gasteiger partial charge in [0.15, 0.2) is 0 Å². The summed E-state index contributed by atoms with van der Waals surface area (Å²) in [5.41, 5.74) is 0.376. The van der Waals surface area contributed by atoms with Gasteiger partial charge in [0.1, 0.15) is 10.6 Å². The molecule has 0 spiro atoms. The second-order valence-corrected chi connectivity index (χ2v) is 8.26. The molecule has 0 saturated heterocycles. The van der Waals surface area contributed by atoms with Crippen LogP contribution in [0.25, 0.3) is 10.2 Å². The summed E-state index contributed by atoms with van der Waals surface area (Å²) in [6.07, 6.45) is -3.09. The van der Waals surface area contributed by atoms with Gasteiger partial charge in [-0.3, -0.25) is 14.2 Å². The molecule has 2 aromatic carbocycles. The number of anilines is 1. The lowest BCUT2D eigenvalue weighted by Crippen LogP contribution is -2.21. The summed E-state index contributed by atoms with van der Waals surface area (Å²) < 4.78 is 44.9. The number of thiophene rings is 1. The second kappa shape index (κ2) is 8.70. The van der Waals surface area contributed by atoms with E-state index in [1.165, 1.54) is 30.1 Å². The zero-order valence-electron chi connectivity index (χ0n) is 17.6. The van der Waals surface area contributed by atoms with E-state index in [4.69, 9.17) is 4.74 Å². The van der Waals surface area contributed by atoms with Gasteiger partial charge in [0.2, 0.25) is 0 Å². The monoisotopic (exact) mass is 473 g/mol. The molecule has 4 aromatic rings. The number of para-hydroxylation sites is 2. The number of carbonyl (C=O) groups is 1. The first-order chi connectivity index (χ1) is 15.7. The van der Waals surface area contributed by atoms with E-state index in [2.05, 4.69) is 10.3 Å². The molecule has 2 heterocycles. The number of ether oxygens (including phenoxy) is 1. The first-order valence-corrected chi connectivity index (χ1v) is 10.6. The Hall–Kier alpha value is -3.66. The number of fused-ring (bicyclic) bond motifs is 1. The van der Waals surface area contributed by atoms with Gasteiger partial charge in [0, 0.05) is 0 Å². The number of rotatable bonds is 5. The zero-order valence-corrected chi connectivity index (χ0v) is 18.4. The van der Waals surface area contributed by atoms with Crippen LogP contribution in [0.15, 0.2) is 59.7 Å². The van der Waals surface area contributed by atoms with Gasteiger partial charge in [-0.2, -0.15) is 13.2 Å². The van der Waals surface area contributed by atoms with Crippen molar-refractivity contribution in [2.24, 2.45) is 0 Å². The SMILES string of the molecule is COc1ccccc1NC(=O)c1sc2ncn(Cc3ccc(C(F)(F)F)cc3)c(=O)c2c1C. The fourth-order valence-electron chi connectivity index (χ4n) is 3.41. The number of nitrogens with one attached hydrogen (secondary N) is 1. The van der Waals surface area contributed by atoms with E-state index in [9.17, 15) is 22.8 Å². The van der Waals surface area contributed by atoms with Gasteiger partial charge in [-0.15, -0.1) is 11.3 Å². The molecule has 1 N–H and O–H groups in total. The van der Waals surface area contributed by atoms with Crippen molar-refractivity contribution in [1.29, 1.82) is 0 Å². The van der Waals surface area contributed by atoms with Crippen molar-refractivity contribution in [3.05, 3.63) is 86.8 Å². The van der Waals surface area contributed by atoms with Crippen molar-refractivity contribution in [3.8, 4) is 5.75 Å². The molecule has 0 aliphatic carbocycles. The lowest BCUT2D eigenvalue weighted by atomic mass is 10.1. The molecule has 2 aromatic heterocycles. The van der Waals surface area contributed by atoms with Gasteiger partial charge in [0.25, 0.3) is 11.5 Å². The van der Waals surface area contributed by atoms with Crippen molar-refractivity contribution in [2.45, 2.75) is 19.6 Å². The smallest absolute Gasteiger partial charge is 0.416 e. The number of nitrogens with zero attached hydrogens (tertiary/aromatic N) is 2. The maximum absolute atomic E-state index is 13.1. The Morgan fingerprint density at radius 1 is 1.15 bits per heavy atom. The van der Waals surface area contributed by atoms with Gasteiger partial charge in [-0.25, -0.2) is 4.98 Å². The molecule has 0 aliphatic rings. The number of aryl methyl sites for hydroxylation is 1. The first-order valence-electron chi connectivity index (χ1n) is 9.78. The number of aromatic nitrogens is 2. The van der Waals surface area contributed by atoms with Crippen molar-refractivity contribution < 1.29 is 22.7 Å². The van der Waals surface area contributed by atoms with Crippen LogP contribution in [0.4, 0.5) is 18.9 Å². The second-order valence-electron chi connectivity index (χ2n) is 7.26. The first kappa shape index (κ1) is 22.5. The van der Waals surface area contributed by atoms with Gasteiger partial charge >= 0.3 is 6.18 Å². The number of alkyl halides is 3. The van der Waals surface area contributed by atoms with Crippen LogP contribution in [0.5, 0.6) is 5.75 Å². The quantitative estimate of drug-likeness (QED) is 0.438. The van der Waals surface area contributed by atoms with Crippen molar-refractivity contribution in [3.63, 3.8) is 0 Å². The van der Waals surface area contributed by atoms with Crippen LogP contribution in [-0.2, 0) is 12.7 Å². The Morgan fingerprint density at radius 2 is 1.85 bits per heavy atom. The van der Waals surface area contributed by atoms with Crippen molar-refractivity contribution in [2.75, 3.05) is 12.4 Å². The Balaban J connectivity index is 1.64. The molecule has 6 nitrogen and oxygen atoms in total. The predicted molar refractivity (Wildman–Crippen MR) is 120 cm³/mol. The predicted octanol–water partition coefficient (Wildman–Crippen LogP) is 5.09. The molecule has 0 unspecified atom stereocenters. The fraction of sp³-hybridized carbons (Fsp3) is 0.174. The normalized spacial score (nSPS) is 11.5. The third-order valence-corrected chi connectivity index (χ3v) is 6.31. The average molecular weight is 473 g/mol. The highest BCUT2D eigenvalue weighted by atomic mass is 32.1. The van der Waals surface area contributed by atoms with E-state index in [0.29, 0.717) is 37.7 Å². The maximum atomic E-state index is 13.1. The highest BCUT2D eigenvalue weighted by molar-refractivity contribution is 7.20. The number of carbonyl (C=O) groups excluding carboxylic acids is 1. The third kappa shape index (κ3) is 4.47. The lowest BCUT2D eigenvalue weighted by molar-refractivity contribution is -0.137. The van der Waals surface area contributed by atoms with Crippen LogP contribution in [0.2, 0.25) is 0 Å². The minimum absolute atomic E-state index is 0.0535. The van der Waals surface area contributed by atoms with E-state index < -0.39 is 17.6 Å². The fourth-order valence-corrected chi connectivity index (χ4v) is 4.45. The molecule has 33 heavy (non-hydrogen) atoms. The summed E-state index contributed by atoms with van der Waals surface area (Å²) in [6.45, 7) is 1.72. The molecule has 4 rings (SSSR count). The van der Waals surface area contributed by atoms with E-state index >= 15 is 0 Å². The van der Waals surface area contributed by atoms with Crippen LogP contribution >= 0.6 is 11.3 Å². The highest BCUT2D eigenvalue weighted by Gasteiger charge is 2.30. The number of hydrogen-bond donors (Lipinski definition) is 1. The molecule has 0 saturated carbocycles. The van der Waals surface area contributed by atoms with Gasteiger partial charge in [-0.05, 0) is 42.3 Å². The molecule has 170 valence electrons. The molecule has 0 bridgehead atoms. The summed E-state index contributed by atoms with van der Waals surface area (Å²) in [5, 5.41) is 3.09. The van der Waals surface area contributed by atoms with Gasteiger partial charge < -0.3 is 10.1 Å². The lowest BCUT2D eigenvalue weighted by Gasteiger charge is -2.09. The van der Waals surface area contributed by atoms with E-state index in [1.807, 2.05) is 0 Å². The summed E-state index contributed by atoms with van der Waals surface area (Å²) in [6, 6.07) is 11.6. The van der Waals surface area contributed by atoms with Gasteiger partial charge in [-0.1, -0.05) is 24.3 Å². The average Bonchev–Trinajstić information content (AvgIpc) is 3.13. The van der Waals surface area contributed by atoms with Gasteiger partial charge in [0.05, 0.1) is 41.5 Å². The zero-order chi connectivity index (χ0) is 23.8. The van der Waals surface area contributed by atoms with Crippen molar-refractivity contribution >= 4 is 33.1 Å². The molecular weight excluding hydrogens is 455 g/mol. The van der Waals surface area contributed by atoms with E-state index in [-0.39, 0.29) is 12.1 Å². The standard InChI is InChI=1S/C23H18F3N3O3S/c1-13-18-21(33-19(13)20(30)28-16-5-3-4-6-17(16)32-2)27-12-29(22(18)31)11-14-7-9-15(10-8-14)23(24,25)26/h3-10,12H,11H2,1-2H3,(H,28,30). The van der Waals surface area contributed by atoms with Crippen LogP contribution in [0, 0.1) is 6.92 Å². The minimum atomic E-state index is -4.43. The topological polar surface area (TPSA) is 73.2 Å². The Labute approximate surface area is 190 Å². The third-order valence-electron chi connectivity index (χ3n) is 5.11. The van der Waals surface area contributed by atoms with E-state index in [0.717, 1.165) is 23.5 Å². The molecule has 10 heteroatoms. The molecule has 0 fully saturated rings. The van der Waals surface area contributed by atoms with Crippen molar-refractivity contribution in [1.82, 2.24) is 9.55 Å². The number of benzene rings is 2. The maximum Gasteiger partial charge on any atom is 0.416 e. The van der Waals surface area contributed by atoms with Crippen LogP contribution in [0.1, 0.15) is 26.4 Å². The van der Waals surface area contributed by atoms with Crippen LogP contribution < -0.4 is 15.6 Å². The van der Waals surface area contributed by atoms with E-state index in [1.54, 1.807) is 31.2 Å². The number of amides is 1. The number of halogens is 3. The van der Waals surface area contributed by atoms with Crippen LogP contribution in [0.3, 0.4) is 0 Å². The highest BCUT2D eigenvalue weighted by Crippen LogP contribution is 2.31. The Bertz CT molecular complexity index is 1390. The molecule has 0 radical (unpaired) electrons. The number of hydrogen-bond acceptors (Lipinski definition) is 5. The summed E-state index contributed by atoms with van der Waals surface area (Å²) in [4.78, 5) is 31.0. The molecular formula is C23H18F3N3O3S. The minimum Gasteiger partial charge on any atom is -0.495 e. The Kier molecular flexibility index (Phi) is 5.94. The summed E-state index contributed by atoms with van der Waals surface area (Å²) >= 11 is 1.10. The van der Waals surface area contributed by atoms with Crippen LogP contribution in [-0.4, -0.2) is 22.6 Å². The molecule has 1 amide bonds. The number of methoxy groups -OCH3 is 1. The Morgan fingerprint density at radius 3 is 2.52 bits per heavy atom. The summed E-state index contributed by atoms with van der Waals surface area (Å²) in [5.74, 6) is 0.107. The summed E-state index contributed by atoms with van der Waals surface area (Å²) in [7, 11) is 1.50. The molecule has 0 atom stereocenters. The molecule has 0 aliphatic heterocycles. The largest absolute Gasteiger partial charge is 0.495 e.